The second kappa shape index (κ2) is 11.7. The van der Waals surface area contributed by atoms with E-state index in [4.69, 9.17) is 14.7 Å². The van der Waals surface area contributed by atoms with E-state index >= 15 is 0 Å². The normalized spacial score (nSPS) is 12.0. The number of amides is 1. The molecule has 1 aromatic heterocycles. The summed E-state index contributed by atoms with van der Waals surface area (Å²) in [6.45, 7) is 0.280. The van der Waals surface area contributed by atoms with Crippen molar-refractivity contribution in [2.45, 2.75) is 11.3 Å². The van der Waals surface area contributed by atoms with E-state index in [0.29, 0.717) is 17.8 Å². The van der Waals surface area contributed by atoms with Gasteiger partial charge < -0.3 is 14.7 Å². The van der Waals surface area contributed by atoms with Crippen molar-refractivity contribution in [2.75, 3.05) is 38.8 Å². The third-order valence-corrected chi connectivity index (χ3v) is 5.68. The van der Waals surface area contributed by atoms with Crippen LogP contribution in [0.4, 0.5) is 9.52 Å². The van der Waals surface area contributed by atoms with Crippen molar-refractivity contribution in [2.24, 2.45) is 5.16 Å². The lowest BCUT2D eigenvalue weighted by atomic mass is 10.1. The van der Waals surface area contributed by atoms with E-state index in [1.807, 2.05) is 0 Å². The quantitative estimate of drug-likeness (QED) is 0.243. The first-order valence-corrected chi connectivity index (χ1v) is 11.0. The van der Waals surface area contributed by atoms with Crippen LogP contribution in [0.15, 0.2) is 40.5 Å². The number of thiazole rings is 1. The Morgan fingerprint density at radius 1 is 1.30 bits per heavy atom. The Morgan fingerprint density at radius 2 is 2.03 bits per heavy atom. The highest BCUT2D eigenvalue weighted by Crippen LogP contribution is 2.17. The van der Waals surface area contributed by atoms with Crippen molar-refractivity contribution >= 4 is 38.1 Å². The van der Waals surface area contributed by atoms with Gasteiger partial charge >= 0.3 is 0 Å². The number of rotatable bonds is 12. The number of nitrogens with zero attached hydrogens (tertiary/aromatic N) is 2. The molecular formula is C17H21FN4O6S2. The van der Waals surface area contributed by atoms with Crippen LogP contribution in [0.25, 0.3) is 0 Å². The van der Waals surface area contributed by atoms with E-state index in [2.05, 4.69) is 20.2 Å². The maximum Gasteiger partial charge on any atom is 0.280 e. The maximum atomic E-state index is 13.1. The number of methoxy groups -OCH3 is 1. The highest BCUT2D eigenvalue weighted by molar-refractivity contribution is 7.89. The highest BCUT2D eigenvalue weighted by atomic mass is 32.2. The number of sulfonamides is 1. The minimum atomic E-state index is -3.74. The summed E-state index contributed by atoms with van der Waals surface area (Å²) in [5.41, 5.74) is 0.101. The number of nitrogens with one attached hydrogen (secondary N) is 2. The zero-order valence-electron chi connectivity index (χ0n) is 16.0. The van der Waals surface area contributed by atoms with Crippen LogP contribution in [0.1, 0.15) is 12.0 Å². The first kappa shape index (κ1) is 23.8. The number of oxime groups is 1. The topological polar surface area (TPSA) is 139 Å². The van der Waals surface area contributed by atoms with E-state index < -0.39 is 21.1 Å². The molecule has 3 N–H and O–H groups in total. The minimum absolute atomic E-state index is 0.00898. The number of hydrogen-bond acceptors (Lipinski definition) is 9. The summed E-state index contributed by atoms with van der Waals surface area (Å²) in [4.78, 5) is 21.3. The molecule has 0 spiro atoms. The van der Waals surface area contributed by atoms with Gasteiger partial charge in [0, 0.05) is 32.2 Å². The van der Waals surface area contributed by atoms with Gasteiger partial charge in [0.05, 0.1) is 17.7 Å². The van der Waals surface area contributed by atoms with Crippen molar-refractivity contribution in [3.63, 3.8) is 0 Å². The van der Waals surface area contributed by atoms with E-state index in [1.54, 1.807) is 0 Å². The van der Waals surface area contributed by atoms with Gasteiger partial charge in [0.15, 0.2) is 16.0 Å². The number of aromatic nitrogens is 1. The predicted molar refractivity (Wildman–Crippen MR) is 108 cm³/mol. The molecule has 1 heterocycles. The summed E-state index contributed by atoms with van der Waals surface area (Å²) in [6.07, 6.45) is 1.27. The zero-order chi connectivity index (χ0) is 22.0. The fourth-order valence-corrected chi connectivity index (χ4v) is 3.64. The van der Waals surface area contributed by atoms with Crippen molar-refractivity contribution in [3.8, 4) is 0 Å². The Labute approximate surface area is 176 Å². The second-order valence-corrected chi connectivity index (χ2v) is 8.44. The Bertz CT molecular complexity index is 963. The Balaban J connectivity index is 2.21. The van der Waals surface area contributed by atoms with Crippen LogP contribution in [-0.4, -0.2) is 63.6 Å². The van der Waals surface area contributed by atoms with E-state index in [0.717, 1.165) is 6.20 Å². The van der Waals surface area contributed by atoms with Crippen LogP contribution in [-0.2, 0) is 24.4 Å². The molecule has 0 fully saturated rings. The van der Waals surface area contributed by atoms with Crippen LogP contribution in [0.2, 0.25) is 0 Å². The largest absolute Gasteiger partial charge is 0.396 e. The molecule has 30 heavy (non-hydrogen) atoms. The molecule has 0 aliphatic rings. The third kappa shape index (κ3) is 7.11. The average molecular weight is 461 g/mol. The SMILES string of the molecule is COCCNS(=O)(=O)c1ccc(/C(=N\OCCCO)C(=O)Nc2ncc(F)s2)cc1. The summed E-state index contributed by atoms with van der Waals surface area (Å²) >= 11 is 0.639. The molecule has 0 saturated carbocycles. The van der Waals surface area contributed by atoms with Crippen LogP contribution in [0, 0.1) is 5.13 Å². The molecule has 0 aliphatic heterocycles. The van der Waals surface area contributed by atoms with Gasteiger partial charge in [0.2, 0.25) is 10.0 Å². The Kier molecular flexibility index (Phi) is 9.26. The molecule has 1 aromatic carbocycles. The monoisotopic (exact) mass is 460 g/mol. The lowest BCUT2D eigenvalue weighted by molar-refractivity contribution is -0.110. The molecule has 1 amide bonds. The molecule has 0 atom stereocenters. The number of benzene rings is 1. The molecule has 10 nitrogen and oxygen atoms in total. The predicted octanol–water partition coefficient (Wildman–Crippen LogP) is 0.949. The van der Waals surface area contributed by atoms with Crippen LogP contribution in [0.3, 0.4) is 0 Å². The molecule has 0 aliphatic carbocycles. The molecule has 0 saturated heterocycles. The van der Waals surface area contributed by atoms with Gasteiger partial charge in [-0.1, -0.05) is 28.6 Å². The summed E-state index contributed by atoms with van der Waals surface area (Å²) in [5, 5.41) is 14.5. The van der Waals surface area contributed by atoms with Crippen LogP contribution in [0.5, 0.6) is 0 Å². The number of hydrogen-bond donors (Lipinski definition) is 3. The molecule has 2 aromatic rings. The number of aliphatic hydroxyl groups is 1. The summed E-state index contributed by atoms with van der Waals surface area (Å²) in [7, 11) is -2.29. The van der Waals surface area contributed by atoms with Crippen LogP contribution < -0.4 is 10.0 Å². The second-order valence-electron chi connectivity index (χ2n) is 5.69. The highest BCUT2D eigenvalue weighted by Gasteiger charge is 2.19. The fourth-order valence-electron chi connectivity index (χ4n) is 2.09. The lowest BCUT2D eigenvalue weighted by Crippen LogP contribution is -2.27. The smallest absolute Gasteiger partial charge is 0.280 e. The summed E-state index contributed by atoms with van der Waals surface area (Å²) in [6, 6.07) is 5.40. The number of aliphatic hydroxyl groups excluding tert-OH is 1. The number of halogens is 1. The van der Waals surface area contributed by atoms with Gasteiger partial charge in [-0.05, 0) is 12.1 Å². The van der Waals surface area contributed by atoms with Gasteiger partial charge in [-0.2, -0.15) is 4.39 Å². The number of carbonyl (C=O) groups is 1. The van der Waals surface area contributed by atoms with Crippen molar-refractivity contribution in [1.82, 2.24) is 9.71 Å². The number of carbonyl (C=O) groups excluding carboxylic acids is 1. The standard InChI is InChI=1S/C17H21FN4O6S2/c1-27-10-7-20-30(25,26)13-5-3-12(4-6-13)15(22-28-9-2-8-23)16(24)21-17-19-11-14(18)29-17/h3-6,11,20,23H,2,7-10H2,1H3,(H,19,21,24)/b22-15+. The molecule has 0 bridgehead atoms. The summed E-state index contributed by atoms with van der Waals surface area (Å²) < 4.78 is 44.8. The Hall–Kier alpha value is -2.45. The molecule has 164 valence electrons. The number of ether oxygens (including phenoxy) is 1. The molecular weight excluding hydrogens is 439 g/mol. The average Bonchev–Trinajstić information content (AvgIpc) is 3.12. The fraction of sp³-hybridized carbons (Fsp3) is 0.353. The lowest BCUT2D eigenvalue weighted by Gasteiger charge is -2.09. The van der Waals surface area contributed by atoms with Crippen molar-refractivity contribution in [1.29, 1.82) is 0 Å². The van der Waals surface area contributed by atoms with Gasteiger partial charge in [-0.3, -0.25) is 10.1 Å². The molecule has 0 radical (unpaired) electrons. The first-order valence-electron chi connectivity index (χ1n) is 8.70. The van der Waals surface area contributed by atoms with Crippen molar-refractivity contribution < 1.29 is 32.3 Å². The van der Waals surface area contributed by atoms with Gasteiger partial charge in [0.1, 0.15) is 6.61 Å². The summed E-state index contributed by atoms with van der Waals surface area (Å²) in [5.74, 6) is -0.720. The third-order valence-electron chi connectivity index (χ3n) is 3.50. The molecule has 2 rings (SSSR count). The van der Waals surface area contributed by atoms with Crippen molar-refractivity contribution in [3.05, 3.63) is 41.2 Å². The minimum Gasteiger partial charge on any atom is -0.396 e. The zero-order valence-corrected chi connectivity index (χ0v) is 17.6. The Morgan fingerprint density at radius 3 is 2.63 bits per heavy atom. The van der Waals surface area contributed by atoms with E-state index in [1.165, 1.54) is 31.4 Å². The van der Waals surface area contributed by atoms with Gasteiger partial charge in [-0.25, -0.2) is 18.1 Å². The molecule has 0 unspecified atom stereocenters. The van der Waals surface area contributed by atoms with E-state index in [9.17, 15) is 17.6 Å². The van der Waals surface area contributed by atoms with Gasteiger partial charge in [0.25, 0.3) is 5.91 Å². The first-order chi connectivity index (χ1) is 14.4. The number of anilines is 1. The van der Waals surface area contributed by atoms with Crippen LogP contribution >= 0.6 is 11.3 Å². The van der Waals surface area contributed by atoms with E-state index in [-0.39, 0.29) is 47.7 Å². The van der Waals surface area contributed by atoms with Gasteiger partial charge in [-0.15, -0.1) is 0 Å². The molecule has 13 heteroatoms. The maximum absolute atomic E-state index is 13.1.